The van der Waals surface area contributed by atoms with Crippen LogP contribution in [0.25, 0.3) is 0 Å². The zero-order valence-corrected chi connectivity index (χ0v) is 13.8. The lowest BCUT2D eigenvalue weighted by Gasteiger charge is -2.17. The molecule has 0 spiro atoms. The van der Waals surface area contributed by atoms with Crippen molar-refractivity contribution in [3.8, 4) is 5.75 Å². The Kier molecular flexibility index (Phi) is 5.59. The zero-order chi connectivity index (χ0) is 15.2. The van der Waals surface area contributed by atoms with Gasteiger partial charge in [0, 0.05) is 22.7 Å². The number of carbonyl (C=O) groups is 1. The number of rotatable bonds is 5. The van der Waals surface area contributed by atoms with Gasteiger partial charge >= 0.3 is 0 Å². The van der Waals surface area contributed by atoms with Crippen molar-refractivity contribution in [1.29, 1.82) is 0 Å². The summed E-state index contributed by atoms with van der Waals surface area (Å²) >= 11 is 9.16. The SMILES string of the molecule is CN(CCOc1cccc(Cl)c1)C(=O)c1ccc(Br)cn1. The van der Waals surface area contributed by atoms with E-state index in [4.69, 9.17) is 16.3 Å². The van der Waals surface area contributed by atoms with Gasteiger partial charge in [-0.05, 0) is 46.3 Å². The van der Waals surface area contributed by atoms with E-state index in [-0.39, 0.29) is 5.91 Å². The maximum atomic E-state index is 12.1. The summed E-state index contributed by atoms with van der Waals surface area (Å²) in [7, 11) is 1.72. The third-order valence-corrected chi connectivity index (χ3v) is 3.49. The molecule has 21 heavy (non-hydrogen) atoms. The van der Waals surface area contributed by atoms with Gasteiger partial charge in [-0.1, -0.05) is 17.7 Å². The molecular formula is C15H14BrClN2O2. The number of ether oxygens (including phenoxy) is 1. The van der Waals surface area contributed by atoms with Crippen LogP contribution in [-0.4, -0.2) is 36.0 Å². The second-order valence-electron chi connectivity index (χ2n) is 4.39. The van der Waals surface area contributed by atoms with Crippen molar-refractivity contribution in [2.75, 3.05) is 20.2 Å². The summed E-state index contributed by atoms with van der Waals surface area (Å²) in [4.78, 5) is 17.8. The molecule has 2 rings (SSSR count). The van der Waals surface area contributed by atoms with Gasteiger partial charge in [0.1, 0.15) is 18.1 Å². The summed E-state index contributed by atoms with van der Waals surface area (Å²) in [6.07, 6.45) is 1.60. The van der Waals surface area contributed by atoms with Crippen LogP contribution in [0.3, 0.4) is 0 Å². The Morgan fingerprint density at radius 3 is 2.86 bits per heavy atom. The first-order valence-electron chi connectivity index (χ1n) is 6.31. The molecule has 1 amide bonds. The van der Waals surface area contributed by atoms with Crippen molar-refractivity contribution >= 4 is 33.4 Å². The quantitative estimate of drug-likeness (QED) is 0.808. The Morgan fingerprint density at radius 1 is 1.38 bits per heavy atom. The number of nitrogens with zero attached hydrogens (tertiary/aromatic N) is 2. The molecule has 0 atom stereocenters. The predicted molar refractivity (Wildman–Crippen MR) is 85.8 cm³/mol. The van der Waals surface area contributed by atoms with Crippen LogP contribution in [0.4, 0.5) is 0 Å². The van der Waals surface area contributed by atoms with Gasteiger partial charge in [0.15, 0.2) is 0 Å². The first kappa shape index (κ1) is 15.8. The lowest BCUT2D eigenvalue weighted by Crippen LogP contribution is -2.31. The molecule has 0 radical (unpaired) electrons. The molecule has 4 nitrogen and oxygen atoms in total. The molecule has 0 unspecified atom stereocenters. The van der Waals surface area contributed by atoms with Crippen molar-refractivity contribution in [3.63, 3.8) is 0 Å². The fourth-order valence-corrected chi connectivity index (χ4v) is 2.07. The Bertz CT molecular complexity index is 619. The van der Waals surface area contributed by atoms with Crippen molar-refractivity contribution in [1.82, 2.24) is 9.88 Å². The van der Waals surface area contributed by atoms with Crippen LogP contribution in [-0.2, 0) is 0 Å². The molecule has 0 saturated carbocycles. The van der Waals surface area contributed by atoms with Crippen LogP contribution in [0.5, 0.6) is 5.75 Å². The van der Waals surface area contributed by atoms with Gasteiger partial charge in [0.2, 0.25) is 0 Å². The van der Waals surface area contributed by atoms with Gasteiger partial charge in [-0.3, -0.25) is 4.79 Å². The predicted octanol–water partition coefficient (Wildman–Crippen LogP) is 3.65. The molecule has 0 bridgehead atoms. The van der Waals surface area contributed by atoms with E-state index in [0.29, 0.717) is 29.6 Å². The number of hydrogen-bond donors (Lipinski definition) is 0. The standard InChI is InChI=1S/C15H14BrClN2O2/c1-19(15(20)14-6-5-11(16)10-18-14)7-8-21-13-4-2-3-12(17)9-13/h2-6,9-10H,7-8H2,1H3. The molecule has 0 aliphatic heterocycles. The summed E-state index contributed by atoms with van der Waals surface area (Å²) in [6.45, 7) is 0.849. The molecule has 1 aromatic carbocycles. The van der Waals surface area contributed by atoms with Crippen LogP contribution >= 0.6 is 27.5 Å². The number of pyridine rings is 1. The highest BCUT2D eigenvalue weighted by atomic mass is 79.9. The Hall–Kier alpha value is -1.59. The highest BCUT2D eigenvalue weighted by Crippen LogP contribution is 2.17. The van der Waals surface area contributed by atoms with Crippen molar-refractivity contribution < 1.29 is 9.53 Å². The van der Waals surface area contributed by atoms with Crippen molar-refractivity contribution in [2.45, 2.75) is 0 Å². The van der Waals surface area contributed by atoms with Crippen LogP contribution in [0.15, 0.2) is 47.1 Å². The maximum absolute atomic E-state index is 12.1. The van der Waals surface area contributed by atoms with Crippen LogP contribution in [0.2, 0.25) is 5.02 Å². The van der Waals surface area contributed by atoms with E-state index in [2.05, 4.69) is 20.9 Å². The minimum absolute atomic E-state index is 0.141. The molecule has 110 valence electrons. The highest BCUT2D eigenvalue weighted by Gasteiger charge is 2.12. The number of likely N-dealkylation sites (N-methyl/N-ethyl adjacent to an activating group) is 1. The lowest BCUT2D eigenvalue weighted by molar-refractivity contribution is 0.0768. The number of amides is 1. The smallest absolute Gasteiger partial charge is 0.272 e. The molecule has 1 heterocycles. The fraction of sp³-hybridized carbons (Fsp3) is 0.200. The summed E-state index contributed by atoms with van der Waals surface area (Å²) < 4.78 is 6.40. The highest BCUT2D eigenvalue weighted by molar-refractivity contribution is 9.10. The first-order chi connectivity index (χ1) is 10.1. The van der Waals surface area contributed by atoms with E-state index < -0.39 is 0 Å². The Morgan fingerprint density at radius 2 is 2.19 bits per heavy atom. The molecule has 0 fully saturated rings. The van der Waals surface area contributed by atoms with E-state index in [1.165, 1.54) is 0 Å². The zero-order valence-electron chi connectivity index (χ0n) is 11.4. The minimum atomic E-state index is -0.141. The van der Waals surface area contributed by atoms with Gasteiger partial charge in [0.25, 0.3) is 5.91 Å². The normalized spacial score (nSPS) is 10.2. The molecule has 6 heteroatoms. The fourth-order valence-electron chi connectivity index (χ4n) is 1.66. The number of benzene rings is 1. The molecule has 0 N–H and O–H groups in total. The molecular weight excluding hydrogens is 356 g/mol. The molecule has 1 aromatic heterocycles. The van der Waals surface area contributed by atoms with Gasteiger partial charge in [-0.2, -0.15) is 0 Å². The average molecular weight is 370 g/mol. The van der Waals surface area contributed by atoms with E-state index in [1.807, 2.05) is 12.1 Å². The second-order valence-corrected chi connectivity index (χ2v) is 5.75. The second kappa shape index (κ2) is 7.43. The first-order valence-corrected chi connectivity index (χ1v) is 7.49. The summed E-state index contributed by atoms with van der Waals surface area (Å²) in [5.41, 5.74) is 0.406. The van der Waals surface area contributed by atoms with E-state index in [0.717, 1.165) is 4.47 Å². The van der Waals surface area contributed by atoms with Crippen LogP contribution in [0, 0.1) is 0 Å². The topological polar surface area (TPSA) is 42.4 Å². The Labute approximate surface area is 136 Å². The van der Waals surface area contributed by atoms with Crippen molar-refractivity contribution in [3.05, 3.63) is 57.8 Å². The average Bonchev–Trinajstić information content (AvgIpc) is 2.47. The number of hydrogen-bond acceptors (Lipinski definition) is 3. The number of carbonyl (C=O) groups excluding carboxylic acids is 1. The van der Waals surface area contributed by atoms with Crippen LogP contribution in [0.1, 0.15) is 10.5 Å². The number of halogens is 2. The number of aromatic nitrogens is 1. The molecule has 0 aliphatic rings. The minimum Gasteiger partial charge on any atom is -0.492 e. The monoisotopic (exact) mass is 368 g/mol. The van der Waals surface area contributed by atoms with E-state index in [1.54, 1.807) is 42.4 Å². The molecule has 2 aromatic rings. The lowest BCUT2D eigenvalue weighted by atomic mass is 10.3. The molecule has 0 saturated heterocycles. The van der Waals surface area contributed by atoms with Gasteiger partial charge in [-0.15, -0.1) is 0 Å². The van der Waals surface area contributed by atoms with Gasteiger partial charge < -0.3 is 9.64 Å². The largest absolute Gasteiger partial charge is 0.492 e. The molecule has 0 aliphatic carbocycles. The summed E-state index contributed by atoms with van der Waals surface area (Å²) in [5, 5.41) is 0.621. The summed E-state index contributed by atoms with van der Waals surface area (Å²) in [6, 6.07) is 10.6. The van der Waals surface area contributed by atoms with Crippen molar-refractivity contribution in [2.24, 2.45) is 0 Å². The van der Waals surface area contributed by atoms with E-state index in [9.17, 15) is 4.79 Å². The third kappa shape index (κ3) is 4.72. The summed E-state index contributed by atoms with van der Waals surface area (Å²) in [5.74, 6) is 0.544. The van der Waals surface area contributed by atoms with Gasteiger partial charge in [0.05, 0.1) is 6.54 Å². The van der Waals surface area contributed by atoms with E-state index >= 15 is 0 Å². The van der Waals surface area contributed by atoms with Gasteiger partial charge in [-0.25, -0.2) is 4.98 Å². The Balaban J connectivity index is 1.85. The third-order valence-electron chi connectivity index (χ3n) is 2.78. The maximum Gasteiger partial charge on any atom is 0.272 e. The van der Waals surface area contributed by atoms with Crippen LogP contribution < -0.4 is 4.74 Å².